The van der Waals surface area contributed by atoms with Crippen LogP contribution in [0.1, 0.15) is 12.8 Å². The number of alkyl halides is 2. The Morgan fingerprint density at radius 1 is 1.65 bits per heavy atom. The predicted molar refractivity (Wildman–Crippen MR) is 62.3 cm³/mol. The van der Waals surface area contributed by atoms with E-state index in [4.69, 9.17) is 0 Å². The second-order valence-electron chi connectivity index (χ2n) is 3.83. The molecule has 3 nitrogen and oxygen atoms in total. The maximum atomic E-state index is 12.6. The van der Waals surface area contributed by atoms with Crippen LogP contribution in [0.15, 0.2) is 36.2 Å². The maximum absolute atomic E-state index is 12.6. The Labute approximate surface area is 99.3 Å². The molecule has 0 heterocycles. The average Bonchev–Trinajstić information content (AvgIpc) is 2.52. The van der Waals surface area contributed by atoms with E-state index in [1.54, 1.807) is 6.08 Å². The van der Waals surface area contributed by atoms with E-state index in [0.29, 0.717) is 30.6 Å². The van der Waals surface area contributed by atoms with Crippen LogP contribution in [0.4, 0.5) is 8.78 Å². The van der Waals surface area contributed by atoms with Crippen molar-refractivity contribution in [3.63, 3.8) is 0 Å². The van der Waals surface area contributed by atoms with E-state index < -0.39 is 12.3 Å². The molecule has 1 amide bonds. The Hall–Kier alpha value is -1.65. The van der Waals surface area contributed by atoms with Crippen molar-refractivity contribution in [2.24, 2.45) is 5.92 Å². The van der Waals surface area contributed by atoms with Gasteiger partial charge in [-0.05, 0) is 18.9 Å². The fourth-order valence-corrected chi connectivity index (χ4v) is 1.56. The lowest BCUT2D eigenvalue weighted by Gasteiger charge is -2.13. The number of allylic oxidation sites excluding steroid dienone is 3. The van der Waals surface area contributed by atoms with E-state index in [1.165, 1.54) is 6.08 Å². The molecule has 5 heteroatoms. The Bertz CT molecular complexity index is 337. The van der Waals surface area contributed by atoms with Gasteiger partial charge in [-0.3, -0.25) is 4.79 Å². The molecule has 0 aromatic heterocycles. The van der Waals surface area contributed by atoms with Crippen molar-refractivity contribution in [1.82, 2.24) is 10.6 Å². The molecule has 1 aliphatic rings. The topological polar surface area (TPSA) is 41.1 Å². The molecule has 1 rings (SSSR count). The smallest absolute Gasteiger partial charge is 0.244 e. The number of rotatable bonds is 6. The molecule has 0 spiro atoms. The van der Waals surface area contributed by atoms with Crippen LogP contribution in [0.25, 0.3) is 0 Å². The fraction of sp³-hybridized carbons (Fsp3) is 0.417. The fourth-order valence-electron chi connectivity index (χ4n) is 1.56. The van der Waals surface area contributed by atoms with Crippen LogP contribution in [0.3, 0.4) is 0 Å². The van der Waals surface area contributed by atoms with Crippen molar-refractivity contribution in [2.45, 2.75) is 19.3 Å². The molecular formula is C12H16F2N2O. The van der Waals surface area contributed by atoms with E-state index in [0.717, 1.165) is 0 Å². The molecular weight excluding hydrogens is 226 g/mol. The SMILES string of the molecule is C=C(CNC=O)NC1=CC(C(F)F)CCC=C1. The molecule has 0 aliphatic heterocycles. The summed E-state index contributed by atoms with van der Waals surface area (Å²) >= 11 is 0. The third-order valence-corrected chi connectivity index (χ3v) is 2.40. The second kappa shape index (κ2) is 6.83. The van der Waals surface area contributed by atoms with Gasteiger partial charge in [0.25, 0.3) is 0 Å². The summed E-state index contributed by atoms with van der Waals surface area (Å²) in [5.41, 5.74) is 1.16. The number of carbonyl (C=O) groups excluding carboxylic acids is 1. The highest BCUT2D eigenvalue weighted by atomic mass is 19.3. The molecule has 0 saturated carbocycles. The molecule has 0 bridgehead atoms. The van der Waals surface area contributed by atoms with Gasteiger partial charge in [0, 0.05) is 17.3 Å². The van der Waals surface area contributed by atoms with Crippen LogP contribution in [0, 0.1) is 5.92 Å². The summed E-state index contributed by atoms with van der Waals surface area (Å²) in [6.07, 6.45) is 4.41. The normalized spacial score (nSPS) is 19.5. The van der Waals surface area contributed by atoms with E-state index >= 15 is 0 Å². The Morgan fingerprint density at radius 2 is 2.41 bits per heavy atom. The zero-order valence-electron chi connectivity index (χ0n) is 9.46. The number of hydrogen-bond donors (Lipinski definition) is 2. The molecule has 94 valence electrons. The van der Waals surface area contributed by atoms with Gasteiger partial charge in [-0.2, -0.15) is 0 Å². The van der Waals surface area contributed by atoms with Crippen LogP contribution >= 0.6 is 0 Å². The minimum absolute atomic E-state index is 0.272. The van der Waals surface area contributed by atoms with Crippen molar-refractivity contribution in [3.05, 3.63) is 36.2 Å². The standard InChI is InChI=1S/C12H16F2N2O/c1-9(7-15-8-17)16-11-5-3-2-4-10(6-11)12(13)14/h3,5-6,8,10,12,16H,1-2,4,7H2,(H,15,17). The quantitative estimate of drug-likeness (QED) is 0.699. The molecule has 1 atom stereocenters. The highest BCUT2D eigenvalue weighted by Crippen LogP contribution is 2.22. The lowest BCUT2D eigenvalue weighted by atomic mass is 10.0. The minimum atomic E-state index is -2.35. The summed E-state index contributed by atoms with van der Waals surface area (Å²) in [7, 11) is 0. The van der Waals surface area contributed by atoms with Crippen LogP contribution in [-0.2, 0) is 4.79 Å². The molecule has 1 aliphatic carbocycles. The van der Waals surface area contributed by atoms with Crippen molar-refractivity contribution < 1.29 is 13.6 Å². The average molecular weight is 242 g/mol. The second-order valence-corrected chi connectivity index (χ2v) is 3.83. The first-order chi connectivity index (χ1) is 8.13. The number of carbonyl (C=O) groups is 1. The van der Waals surface area contributed by atoms with Crippen molar-refractivity contribution in [3.8, 4) is 0 Å². The molecule has 0 aromatic rings. The number of amides is 1. The lowest BCUT2D eigenvalue weighted by Crippen LogP contribution is -2.23. The van der Waals surface area contributed by atoms with Gasteiger partial charge in [0.2, 0.25) is 12.8 Å². The van der Waals surface area contributed by atoms with Gasteiger partial charge < -0.3 is 10.6 Å². The van der Waals surface area contributed by atoms with Crippen molar-refractivity contribution in [1.29, 1.82) is 0 Å². The summed E-state index contributed by atoms with van der Waals surface area (Å²) in [5.74, 6) is -0.737. The largest absolute Gasteiger partial charge is 0.358 e. The third-order valence-electron chi connectivity index (χ3n) is 2.40. The monoisotopic (exact) mass is 242 g/mol. The summed E-state index contributed by atoms with van der Waals surface area (Å²) in [5, 5.41) is 5.35. The predicted octanol–water partition coefficient (Wildman–Crippen LogP) is 1.95. The Balaban J connectivity index is 2.59. The highest BCUT2D eigenvalue weighted by Gasteiger charge is 2.19. The van der Waals surface area contributed by atoms with Gasteiger partial charge in [-0.1, -0.05) is 18.7 Å². The van der Waals surface area contributed by atoms with Gasteiger partial charge in [-0.25, -0.2) is 8.78 Å². The van der Waals surface area contributed by atoms with Crippen LogP contribution < -0.4 is 10.6 Å². The molecule has 0 radical (unpaired) electrons. The highest BCUT2D eigenvalue weighted by molar-refractivity contribution is 5.46. The minimum Gasteiger partial charge on any atom is -0.358 e. The summed E-state index contributed by atoms with van der Waals surface area (Å²) in [4.78, 5) is 10.1. The number of nitrogens with one attached hydrogen (secondary N) is 2. The van der Waals surface area contributed by atoms with Gasteiger partial charge >= 0.3 is 0 Å². The van der Waals surface area contributed by atoms with Gasteiger partial charge in [0.1, 0.15) is 0 Å². The van der Waals surface area contributed by atoms with Crippen molar-refractivity contribution >= 4 is 6.41 Å². The Kier molecular flexibility index (Phi) is 5.39. The van der Waals surface area contributed by atoms with Gasteiger partial charge in [-0.15, -0.1) is 0 Å². The maximum Gasteiger partial charge on any atom is 0.244 e. The third kappa shape index (κ3) is 4.80. The molecule has 0 saturated heterocycles. The summed E-state index contributed by atoms with van der Waals surface area (Å²) in [6, 6.07) is 0. The first kappa shape index (κ1) is 13.4. The first-order valence-electron chi connectivity index (χ1n) is 5.42. The summed E-state index contributed by atoms with van der Waals surface area (Å²) < 4.78 is 25.3. The lowest BCUT2D eigenvalue weighted by molar-refractivity contribution is -0.109. The van der Waals surface area contributed by atoms with Crippen molar-refractivity contribution in [2.75, 3.05) is 6.54 Å². The first-order valence-corrected chi connectivity index (χ1v) is 5.42. The molecule has 1 unspecified atom stereocenters. The zero-order chi connectivity index (χ0) is 12.7. The number of hydrogen-bond acceptors (Lipinski definition) is 2. The number of halogens is 2. The van der Waals surface area contributed by atoms with E-state index in [2.05, 4.69) is 17.2 Å². The van der Waals surface area contributed by atoms with Gasteiger partial charge in [0.15, 0.2) is 0 Å². The van der Waals surface area contributed by atoms with Crippen LogP contribution in [-0.4, -0.2) is 19.4 Å². The molecule has 0 fully saturated rings. The Morgan fingerprint density at radius 3 is 3.06 bits per heavy atom. The van der Waals surface area contributed by atoms with E-state index in [9.17, 15) is 13.6 Å². The molecule has 17 heavy (non-hydrogen) atoms. The van der Waals surface area contributed by atoms with Crippen LogP contribution in [0.5, 0.6) is 0 Å². The molecule has 0 aromatic carbocycles. The van der Waals surface area contributed by atoms with E-state index in [1.807, 2.05) is 6.08 Å². The van der Waals surface area contributed by atoms with Gasteiger partial charge in [0.05, 0.1) is 6.54 Å². The van der Waals surface area contributed by atoms with Crippen LogP contribution in [0.2, 0.25) is 0 Å². The zero-order valence-corrected chi connectivity index (χ0v) is 9.46. The summed E-state index contributed by atoms with van der Waals surface area (Å²) in [6.45, 7) is 3.96. The molecule has 2 N–H and O–H groups in total. The van der Waals surface area contributed by atoms with E-state index in [-0.39, 0.29) is 6.54 Å².